The minimum atomic E-state index is 0.108. The molecule has 0 amide bonds. The Balaban J connectivity index is 1.73. The van der Waals surface area contributed by atoms with Crippen LogP contribution < -0.4 is 5.32 Å². The summed E-state index contributed by atoms with van der Waals surface area (Å²) in [7, 11) is 0. The van der Waals surface area contributed by atoms with E-state index in [2.05, 4.69) is 35.3 Å². The Kier molecular flexibility index (Phi) is 6.19. The fraction of sp³-hybridized carbons (Fsp3) is 0.786. The van der Waals surface area contributed by atoms with Crippen LogP contribution in [0.5, 0.6) is 0 Å². The van der Waals surface area contributed by atoms with Crippen LogP contribution in [0, 0.1) is 5.92 Å². The highest BCUT2D eigenvalue weighted by Crippen LogP contribution is 2.28. The summed E-state index contributed by atoms with van der Waals surface area (Å²) < 4.78 is 11.4. The molecule has 0 aliphatic carbocycles. The van der Waals surface area contributed by atoms with Crippen LogP contribution in [0.3, 0.4) is 0 Å². The second kappa shape index (κ2) is 7.90. The number of amidine groups is 1. The molecule has 2 atom stereocenters. The summed E-state index contributed by atoms with van der Waals surface area (Å²) in [5.74, 6) is 2.55. The molecule has 0 aromatic carbocycles. The molecular formula is C14H25N3O2S. The van der Waals surface area contributed by atoms with Gasteiger partial charge in [-0.15, -0.1) is 11.8 Å². The molecule has 2 heterocycles. The quantitative estimate of drug-likeness (QED) is 0.811. The van der Waals surface area contributed by atoms with Crippen molar-refractivity contribution in [3.8, 4) is 0 Å². The maximum absolute atomic E-state index is 5.96. The average Bonchev–Trinajstić information content (AvgIpc) is 2.92. The molecule has 0 aromatic heterocycles. The lowest BCUT2D eigenvalue weighted by atomic mass is 10.2. The molecule has 0 aromatic rings. The standard InChI is InChI=1S/C14H25N3O2S/c1-4-18-8-14-19-13(9-20-14)17-6-5-12(16-10-17)15-7-11(2)3/h5-6,11,13-14H,4,7-10H2,1-3H3,(H,15,16)/t13-,14+/m1/s1. The Bertz CT molecular complexity index is 360. The summed E-state index contributed by atoms with van der Waals surface area (Å²) in [6.45, 7) is 9.40. The van der Waals surface area contributed by atoms with E-state index in [1.807, 2.05) is 24.8 Å². The Hall–Kier alpha value is -0.720. The van der Waals surface area contributed by atoms with E-state index in [1.54, 1.807) is 0 Å². The van der Waals surface area contributed by atoms with E-state index in [4.69, 9.17) is 9.47 Å². The molecule has 114 valence electrons. The molecule has 0 spiro atoms. The van der Waals surface area contributed by atoms with Gasteiger partial charge in [0.15, 0.2) is 0 Å². The van der Waals surface area contributed by atoms with Crippen molar-refractivity contribution >= 4 is 17.6 Å². The van der Waals surface area contributed by atoms with Crippen molar-refractivity contribution in [1.29, 1.82) is 0 Å². The number of nitrogens with one attached hydrogen (secondary N) is 1. The lowest BCUT2D eigenvalue weighted by Crippen LogP contribution is -2.38. The van der Waals surface area contributed by atoms with Crippen molar-refractivity contribution in [2.75, 3.05) is 32.2 Å². The van der Waals surface area contributed by atoms with E-state index in [-0.39, 0.29) is 11.7 Å². The third-order valence-electron chi connectivity index (χ3n) is 3.08. The number of hydrogen-bond donors (Lipinski definition) is 1. The minimum Gasteiger partial charge on any atom is -0.378 e. The van der Waals surface area contributed by atoms with Crippen LogP contribution in [0.1, 0.15) is 20.8 Å². The Labute approximate surface area is 125 Å². The van der Waals surface area contributed by atoms with E-state index in [9.17, 15) is 0 Å². The van der Waals surface area contributed by atoms with Crippen molar-refractivity contribution in [2.45, 2.75) is 32.4 Å². The maximum atomic E-state index is 5.96. The van der Waals surface area contributed by atoms with Gasteiger partial charge in [-0.25, -0.2) is 4.99 Å². The van der Waals surface area contributed by atoms with Gasteiger partial charge < -0.3 is 19.7 Å². The topological polar surface area (TPSA) is 46.1 Å². The molecule has 2 aliphatic rings. The highest BCUT2D eigenvalue weighted by Gasteiger charge is 2.29. The van der Waals surface area contributed by atoms with E-state index >= 15 is 0 Å². The van der Waals surface area contributed by atoms with Gasteiger partial charge in [0, 0.05) is 25.1 Å². The molecule has 6 heteroatoms. The molecule has 1 fully saturated rings. The SMILES string of the molecule is CCOC[C@H]1O[C@@H](N2C=CC(NCC(C)C)=NC2)CS1. The fourth-order valence-corrected chi connectivity index (χ4v) is 3.00. The zero-order valence-corrected chi connectivity index (χ0v) is 13.4. The lowest BCUT2D eigenvalue weighted by molar-refractivity contribution is -0.0464. The number of hydrogen-bond acceptors (Lipinski definition) is 6. The Morgan fingerprint density at radius 3 is 3.10 bits per heavy atom. The Morgan fingerprint density at radius 2 is 2.45 bits per heavy atom. The molecule has 0 unspecified atom stereocenters. The second-order valence-corrected chi connectivity index (χ2v) is 6.50. The predicted molar refractivity (Wildman–Crippen MR) is 83.7 cm³/mol. The van der Waals surface area contributed by atoms with Crippen molar-refractivity contribution in [1.82, 2.24) is 10.2 Å². The van der Waals surface area contributed by atoms with Crippen LogP contribution in [0.4, 0.5) is 0 Å². The highest BCUT2D eigenvalue weighted by molar-refractivity contribution is 8.00. The fourth-order valence-electron chi connectivity index (χ4n) is 1.95. The van der Waals surface area contributed by atoms with Crippen LogP contribution in [0.15, 0.2) is 17.3 Å². The van der Waals surface area contributed by atoms with Gasteiger partial charge in [-0.05, 0) is 18.9 Å². The molecule has 5 nitrogen and oxygen atoms in total. The van der Waals surface area contributed by atoms with E-state index in [1.165, 1.54) is 0 Å². The normalized spacial score (nSPS) is 26.2. The number of ether oxygens (including phenoxy) is 2. The molecule has 2 rings (SSSR count). The first-order valence-electron chi connectivity index (χ1n) is 7.26. The van der Waals surface area contributed by atoms with Gasteiger partial charge in [0.25, 0.3) is 0 Å². The van der Waals surface area contributed by atoms with Gasteiger partial charge in [-0.2, -0.15) is 0 Å². The molecule has 1 saturated heterocycles. The van der Waals surface area contributed by atoms with Gasteiger partial charge >= 0.3 is 0 Å². The lowest BCUT2D eigenvalue weighted by Gasteiger charge is -2.27. The summed E-state index contributed by atoms with van der Waals surface area (Å²) in [6.07, 6.45) is 4.21. The summed E-state index contributed by atoms with van der Waals surface area (Å²) in [4.78, 5) is 6.68. The van der Waals surface area contributed by atoms with Gasteiger partial charge in [-0.3, -0.25) is 0 Å². The first kappa shape index (κ1) is 15.7. The van der Waals surface area contributed by atoms with Crippen LogP contribution in [0.2, 0.25) is 0 Å². The largest absolute Gasteiger partial charge is 0.378 e. The molecule has 20 heavy (non-hydrogen) atoms. The first-order chi connectivity index (χ1) is 9.69. The van der Waals surface area contributed by atoms with Crippen molar-refractivity contribution in [2.24, 2.45) is 10.9 Å². The number of nitrogens with zero attached hydrogens (tertiary/aromatic N) is 2. The molecule has 0 radical (unpaired) electrons. The van der Waals surface area contributed by atoms with Gasteiger partial charge in [0.05, 0.1) is 6.61 Å². The monoisotopic (exact) mass is 299 g/mol. The second-order valence-electron chi connectivity index (χ2n) is 5.30. The maximum Gasteiger partial charge on any atom is 0.142 e. The average molecular weight is 299 g/mol. The van der Waals surface area contributed by atoms with Crippen LogP contribution in [0.25, 0.3) is 0 Å². The van der Waals surface area contributed by atoms with E-state index in [0.29, 0.717) is 19.2 Å². The number of thioether (sulfide) groups is 1. The first-order valence-corrected chi connectivity index (χ1v) is 8.31. The number of aliphatic imine (C=N–C) groups is 1. The van der Waals surface area contributed by atoms with Gasteiger partial charge in [0.1, 0.15) is 24.2 Å². The van der Waals surface area contributed by atoms with Crippen LogP contribution in [-0.4, -0.2) is 54.6 Å². The van der Waals surface area contributed by atoms with Gasteiger partial charge in [-0.1, -0.05) is 13.8 Å². The number of rotatable bonds is 6. The van der Waals surface area contributed by atoms with Crippen molar-refractivity contribution in [3.05, 3.63) is 12.3 Å². The van der Waals surface area contributed by atoms with E-state index < -0.39 is 0 Å². The van der Waals surface area contributed by atoms with E-state index in [0.717, 1.165) is 24.7 Å². The van der Waals surface area contributed by atoms with Gasteiger partial charge in [0.2, 0.25) is 0 Å². The third kappa shape index (κ3) is 4.68. The third-order valence-corrected chi connectivity index (χ3v) is 4.18. The Morgan fingerprint density at radius 1 is 1.60 bits per heavy atom. The predicted octanol–water partition coefficient (Wildman–Crippen LogP) is 1.87. The van der Waals surface area contributed by atoms with Crippen LogP contribution in [-0.2, 0) is 9.47 Å². The van der Waals surface area contributed by atoms with Crippen molar-refractivity contribution < 1.29 is 9.47 Å². The summed E-state index contributed by atoms with van der Waals surface area (Å²) in [5.41, 5.74) is 0.151. The smallest absolute Gasteiger partial charge is 0.142 e. The summed E-state index contributed by atoms with van der Waals surface area (Å²) in [6, 6.07) is 0. The molecule has 0 saturated carbocycles. The van der Waals surface area contributed by atoms with Crippen molar-refractivity contribution in [3.63, 3.8) is 0 Å². The summed E-state index contributed by atoms with van der Waals surface area (Å²) >= 11 is 1.81. The molecule has 0 bridgehead atoms. The zero-order valence-electron chi connectivity index (χ0n) is 12.5. The molecule has 2 aliphatic heterocycles. The summed E-state index contributed by atoms with van der Waals surface area (Å²) in [5, 5.41) is 3.34. The molecular weight excluding hydrogens is 274 g/mol. The minimum absolute atomic E-state index is 0.108. The van der Waals surface area contributed by atoms with Crippen LogP contribution >= 0.6 is 11.8 Å². The zero-order chi connectivity index (χ0) is 14.4. The molecule has 1 N–H and O–H groups in total. The highest BCUT2D eigenvalue weighted by atomic mass is 32.2.